The van der Waals surface area contributed by atoms with E-state index in [0.717, 1.165) is 9.75 Å². The van der Waals surface area contributed by atoms with Crippen LogP contribution in [0.15, 0.2) is 50.1 Å². The molecule has 0 spiro atoms. The van der Waals surface area contributed by atoms with Crippen LogP contribution in [-0.4, -0.2) is 15.9 Å². The average Bonchev–Trinajstić information content (AvgIpc) is 3.41. The van der Waals surface area contributed by atoms with Gasteiger partial charge in [0.2, 0.25) is 11.8 Å². The molecule has 0 aromatic carbocycles. The van der Waals surface area contributed by atoms with E-state index in [1.807, 2.05) is 35.0 Å². The number of ether oxygens (including phenoxy) is 1. The first-order valence-electron chi connectivity index (χ1n) is 7.83. The van der Waals surface area contributed by atoms with Crippen molar-refractivity contribution in [2.75, 3.05) is 0 Å². The van der Waals surface area contributed by atoms with E-state index in [2.05, 4.69) is 9.97 Å². The highest BCUT2D eigenvalue weighted by atomic mass is 32.1. The van der Waals surface area contributed by atoms with Gasteiger partial charge in [0.15, 0.2) is 0 Å². The monoisotopic (exact) mass is 386 g/mol. The molecule has 0 unspecified atom stereocenters. The van der Waals surface area contributed by atoms with E-state index in [9.17, 15) is 4.79 Å². The van der Waals surface area contributed by atoms with Gasteiger partial charge in [0.05, 0.1) is 21.9 Å². The molecule has 0 saturated heterocycles. The van der Waals surface area contributed by atoms with E-state index in [1.165, 1.54) is 28.9 Å². The Morgan fingerprint density at radius 1 is 1.12 bits per heavy atom. The molecule has 0 saturated carbocycles. The summed E-state index contributed by atoms with van der Waals surface area (Å²) >= 11 is 3.07. The number of hydrogen-bond acceptors (Lipinski definition) is 8. The number of carbonyl (C=O) groups excluding carboxylic acids is 1. The molecule has 4 aromatic rings. The topological polar surface area (TPSA) is 78.4 Å². The van der Waals surface area contributed by atoms with Gasteiger partial charge in [-0.2, -0.15) is 0 Å². The van der Waals surface area contributed by atoms with Crippen LogP contribution in [0.1, 0.15) is 17.1 Å². The number of hydrogen-bond donors (Lipinski definition) is 0. The number of carbonyl (C=O) groups is 1. The van der Waals surface area contributed by atoms with Crippen LogP contribution >= 0.6 is 22.7 Å². The third-order valence-corrected chi connectivity index (χ3v) is 5.32. The van der Waals surface area contributed by atoms with Gasteiger partial charge in [0, 0.05) is 0 Å². The maximum absolute atomic E-state index is 12.1. The van der Waals surface area contributed by atoms with Crippen LogP contribution in [0, 0.1) is 6.92 Å². The van der Waals surface area contributed by atoms with Crippen molar-refractivity contribution in [3.63, 3.8) is 0 Å². The van der Waals surface area contributed by atoms with Crippen molar-refractivity contribution in [3.05, 3.63) is 58.4 Å². The number of oxazole rings is 2. The van der Waals surface area contributed by atoms with Gasteiger partial charge in [-0.05, 0) is 29.8 Å². The summed E-state index contributed by atoms with van der Waals surface area (Å²) in [4.78, 5) is 22.7. The lowest BCUT2D eigenvalue weighted by molar-refractivity contribution is -0.144. The average molecular weight is 386 g/mol. The highest BCUT2D eigenvalue weighted by Crippen LogP contribution is 2.26. The molecule has 4 aromatic heterocycles. The first kappa shape index (κ1) is 16.7. The first-order valence-corrected chi connectivity index (χ1v) is 9.59. The summed E-state index contributed by atoms with van der Waals surface area (Å²) in [6, 6.07) is 7.70. The molecule has 0 amide bonds. The molecule has 0 fully saturated rings. The van der Waals surface area contributed by atoms with E-state index < -0.39 is 0 Å². The minimum absolute atomic E-state index is 0.0519. The van der Waals surface area contributed by atoms with Crippen molar-refractivity contribution in [3.8, 4) is 21.5 Å². The van der Waals surface area contributed by atoms with Crippen LogP contribution in [0.3, 0.4) is 0 Å². The zero-order valence-electron chi connectivity index (χ0n) is 13.8. The first-order chi connectivity index (χ1) is 12.7. The molecule has 0 N–H and O–H groups in total. The number of thiophene rings is 2. The predicted octanol–water partition coefficient (Wildman–Crippen LogP) is 4.71. The Balaban J connectivity index is 1.36. The Bertz CT molecular complexity index is 1000. The molecule has 4 heterocycles. The minimum atomic E-state index is -0.389. The van der Waals surface area contributed by atoms with Gasteiger partial charge in [0.1, 0.15) is 24.3 Å². The lowest BCUT2D eigenvalue weighted by atomic mass is 10.3. The van der Waals surface area contributed by atoms with Gasteiger partial charge in [-0.1, -0.05) is 12.1 Å². The van der Waals surface area contributed by atoms with Crippen molar-refractivity contribution >= 4 is 28.6 Å². The summed E-state index contributed by atoms with van der Waals surface area (Å²) in [5.74, 6) is 1.28. The Morgan fingerprint density at radius 2 is 1.85 bits per heavy atom. The summed E-state index contributed by atoms with van der Waals surface area (Å²) in [6.45, 7) is 1.85. The highest BCUT2D eigenvalue weighted by molar-refractivity contribution is 7.13. The Hall–Kier alpha value is -2.71. The minimum Gasteiger partial charge on any atom is -0.459 e. The van der Waals surface area contributed by atoms with E-state index >= 15 is 0 Å². The number of aryl methyl sites for hydroxylation is 1. The highest BCUT2D eigenvalue weighted by Gasteiger charge is 2.17. The fourth-order valence-electron chi connectivity index (χ4n) is 2.33. The zero-order chi connectivity index (χ0) is 17.9. The lowest BCUT2D eigenvalue weighted by Gasteiger charge is -2.00. The van der Waals surface area contributed by atoms with Crippen molar-refractivity contribution in [1.29, 1.82) is 0 Å². The fraction of sp³-hybridized carbons (Fsp3) is 0.167. The molecular formula is C18H14N2O4S2. The van der Waals surface area contributed by atoms with Gasteiger partial charge in [-0.15, -0.1) is 22.7 Å². The second-order valence-corrected chi connectivity index (χ2v) is 7.35. The molecule has 0 bridgehead atoms. The summed E-state index contributed by atoms with van der Waals surface area (Å²) in [5, 5.41) is 3.90. The number of esters is 1. The maximum Gasteiger partial charge on any atom is 0.312 e. The van der Waals surface area contributed by atoms with Crippen LogP contribution in [0.5, 0.6) is 0 Å². The van der Waals surface area contributed by atoms with E-state index in [1.54, 1.807) is 6.92 Å². The predicted molar refractivity (Wildman–Crippen MR) is 97.9 cm³/mol. The molecule has 8 heteroatoms. The van der Waals surface area contributed by atoms with E-state index in [0.29, 0.717) is 28.9 Å². The third kappa shape index (κ3) is 3.61. The second-order valence-electron chi connectivity index (χ2n) is 5.46. The van der Waals surface area contributed by atoms with Crippen molar-refractivity contribution in [2.24, 2.45) is 0 Å². The fourth-order valence-corrected chi connectivity index (χ4v) is 3.63. The van der Waals surface area contributed by atoms with Crippen LogP contribution in [-0.2, 0) is 22.6 Å². The van der Waals surface area contributed by atoms with E-state index in [4.69, 9.17) is 13.6 Å². The van der Waals surface area contributed by atoms with Crippen LogP contribution < -0.4 is 0 Å². The van der Waals surface area contributed by atoms with E-state index in [-0.39, 0.29) is 19.0 Å². The third-order valence-electron chi connectivity index (χ3n) is 3.60. The molecule has 4 rings (SSSR count). The molecule has 0 aliphatic rings. The standard InChI is InChI=1S/C18H14N2O4S2/c1-11-13(20-18(24-11)15-5-3-7-26-15)8-16(21)22-9-12-10-23-17(19-12)14-4-2-6-25-14/h2-7,10H,8-9H2,1H3. The molecule has 0 radical (unpaired) electrons. The lowest BCUT2D eigenvalue weighted by Crippen LogP contribution is -2.09. The number of rotatable bonds is 6. The molecule has 0 aliphatic heterocycles. The number of aromatic nitrogens is 2. The van der Waals surface area contributed by atoms with Crippen LogP contribution in [0.25, 0.3) is 21.5 Å². The molecular weight excluding hydrogens is 372 g/mol. The molecule has 132 valence electrons. The number of nitrogens with zero attached hydrogens (tertiary/aromatic N) is 2. The van der Waals surface area contributed by atoms with Gasteiger partial charge < -0.3 is 13.6 Å². The largest absolute Gasteiger partial charge is 0.459 e. The SMILES string of the molecule is Cc1oc(-c2cccs2)nc1CC(=O)OCc1coc(-c2cccs2)n1. The normalized spacial score (nSPS) is 11.0. The van der Waals surface area contributed by atoms with Crippen molar-refractivity contribution in [2.45, 2.75) is 20.0 Å². The Kier molecular flexibility index (Phi) is 4.68. The van der Waals surface area contributed by atoms with Gasteiger partial charge in [-0.3, -0.25) is 4.79 Å². The molecule has 6 nitrogen and oxygen atoms in total. The molecule has 0 aliphatic carbocycles. The van der Waals surface area contributed by atoms with Crippen molar-refractivity contribution in [1.82, 2.24) is 9.97 Å². The molecule has 26 heavy (non-hydrogen) atoms. The van der Waals surface area contributed by atoms with Gasteiger partial charge in [0.25, 0.3) is 0 Å². The summed E-state index contributed by atoms with van der Waals surface area (Å²) in [5.41, 5.74) is 1.15. The second kappa shape index (κ2) is 7.27. The summed E-state index contributed by atoms with van der Waals surface area (Å²) in [7, 11) is 0. The van der Waals surface area contributed by atoms with Gasteiger partial charge in [-0.25, -0.2) is 9.97 Å². The summed E-state index contributed by atoms with van der Waals surface area (Å²) in [6.07, 6.45) is 1.55. The zero-order valence-corrected chi connectivity index (χ0v) is 15.4. The molecule has 0 atom stereocenters. The quantitative estimate of drug-likeness (QED) is 0.446. The van der Waals surface area contributed by atoms with Gasteiger partial charge >= 0.3 is 5.97 Å². The van der Waals surface area contributed by atoms with Crippen LogP contribution in [0.2, 0.25) is 0 Å². The maximum atomic E-state index is 12.1. The Morgan fingerprint density at radius 3 is 2.54 bits per heavy atom. The van der Waals surface area contributed by atoms with Crippen molar-refractivity contribution < 1.29 is 18.4 Å². The Labute approximate surface area is 157 Å². The smallest absolute Gasteiger partial charge is 0.312 e. The van der Waals surface area contributed by atoms with Crippen LogP contribution in [0.4, 0.5) is 0 Å². The summed E-state index contributed by atoms with van der Waals surface area (Å²) < 4.78 is 16.3.